The van der Waals surface area contributed by atoms with Crippen LogP contribution in [0.5, 0.6) is 0 Å². The minimum absolute atomic E-state index is 0.415. The van der Waals surface area contributed by atoms with Gasteiger partial charge >= 0.3 is 0 Å². The molecular weight excluding hydrogens is 178 g/mol. The number of Topliss-reactive ketones (excluding diaryl/α,β-unsaturated/α-hetero) is 1. The van der Waals surface area contributed by atoms with Crippen LogP contribution in [0.15, 0.2) is 18.2 Å². The Hall–Kier alpha value is -1.64. The van der Waals surface area contributed by atoms with E-state index in [1.165, 1.54) is 11.1 Å². The van der Waals surface area contributed by atoms with Crippen LogP contribution in [0, 0.1) is 0 Å². The van der Waals surface area contributed by atoms with Gasteiger partial charge in [0, 0.05) is 5.56 Å². The fourth-order valence-corrected chi connectivity index (χ4v) is 1.86. The van der Waals surface area contributed by atoms with Crippen LogP contribution in [0.1, 0.15) is 27.9 Å². The molecule has 0 radical (unpaired) electrons. The summed E-state index contributed by atoms with van der Waals surface area (Å²) in [4.78, 5) is 21.9. The van der Waals surface area contributed by atoms with Crippen LogP contribution in [0.2, 0.25) is 0 Å². The number of hydrogen-bond donors (Lipinski definition) is 1. The Kier molecular flexibility index (Phi) is 2.08. The number of carbonyl (C=O) groups excluding carboxylic acids is 2. The number of aryl methyl sites for hydroxylation is 2. The third-order valence-corrected chi connectivity index (χ3v) is 2.58. The molecule has 1 aromatic carbocycles. The van der Waals surface area contributed by atoms with Crippen molar-refractivity contribution in [2.75, 3.05) is 0 Å². The van der Waals surface area contributed by atoms with E-state index in [0.717, 1.165) is 19.3 Å². The first kappa shape index (κ1) is 8.94. The maximum Gasteiger partial charge on any atom is 0.289 e. The number of rotatable bonds is 2. The molecule has 2 N–H and O–H groups in total. The first-order valence-corrected chi connectivity index (χ1v) is 4.64. The lowest BCUT2D eigenvalue weighted by atomic mass is 10.0. The second-order valence-electron chi connectivity index (χ2n) is 3.53. The van der Waals surface area contributed by atoms with Gasteiger partial charge in [0.15, 0.2) is 0 Å². The highest BCUT2D eigenvalue weighted by atomic mass is 16.2. The predicted molar refractivity (Wildman–Crippen MR) is 52.0 cm³/mol. The molecule has 0 unspecified atom stereocenters. The monoisotopic (exact) mass is 189 g/mol. The molecule has 2 rings (SSSR count). The summed E-state index contributed by atoms with van der Waals surface area (Å²) in [5, 5.41) is 0. The number of primary amides is 1. The summed E-state index contributed by atoms with van der Waals surface area (Å²) in [6.07, 6.45) is 3.19. The van der Waals surface area contributed by atoms with Crippen LogP contribution in [0.25, 0.3) is 0 Å². The lowest BCUT2D eigenvalue weighted by molar-refractivity contribution is -0.114. The van der Waals surface area contributed by atoms with Crippen molar-refractivity contribution in [3.05, 3.63) is 34.9 Å². The van der Waals surface area contributed by atoms with Gasteiger partial charge in [-0.2, -0.15) is 0 Å². The molecule has 72 valence electrons. The van der Waals surface area contributed by atoms with Crippen LogP contribution in [-0.2, 0) is 17.6 Å². The van der Waals surface area contributed by atoms with E-state index in [2.05, 4.69) is 0 Å². The Bertz CT molecular complexity index is 410. The Morgan fingerprint density at radius 2 is 1.86 bits per heavy atom. The van der Waals surface area contributed by atoms with Gasteiger partial charge in [-0.1, -0.05) is 12.1 Å². The largest absolute Gasteiger partial charge is 0.363 e. The van der Waals surface area contributed by atoms with E-state index >= 15 is 0 Å². The molecule has 0 spiro atoms. The van der Waals surface area contributed by atoms with Crippen molar-refractivity contribution < 1.29 is 9.59 Å². The Labute approximate surface area is 81.9 Å². The number of benzene rings is 1. The number of ketones is 1. The van der Waals surface area contributed by atoms with Crippen molar-refractivity contribution in [1.29, 1.82) is 0 Å². The van der Waals surface area contributed by atoms with Gasteiger partial charge in [-0.3, -0.25) is 9.59 Å². The number of nitrogens with two attached hydrogens (primary N) is 1. The molecule has 0 bridgehead atoms. The molecule has 0 atom stereocenters. The summed E-state index contributed by atoms with van der Waals surface area (Å²) in [5.74, 6) is -1.48. The highest BCUT2D eigenvalue weighted by Crippen LogP contribution is 2.22. The predicted octanol–water partition coefficient (Wildman–Crippen LogP) is 0.843. The van der Waals surface area contributed by atoms with Gasteiger partial charge in [0.2, 0.25) is 5.78 Å². The van der Waals surface area contributed by atoms with Crippen LogP contribution in [-0.4, -0.2) is 11.7 Å². The Balaban J connectivity index is 2.38. The SMILES string of the molecule is NC(=O)C(=O)c1ccc2c(c1)CCC2. The summed E-state index contributed by atoms with van der Waals surface area (Å²) >= 11 is 0. The maximum atomic E-state index is 11.3. The second-order valence-corrected chi connectivity index (χ2v) is 3.53. The van der Waals surface area contributed by atoms with E-state index in [1.54, 1.807) is 12.1 Å². The maximum absolute atomic E-state index is 11.3. The molecule has 3 nitrogen and oxygen atoms in total. The van der Waals surface area contributed by atoms with Crippen molar-refractivity contribution in [2.45, 2.75) is 19.3 Å². The minimum atomic E-state index is -0.886. The summed E-state index contributed by atoms with van der Waals surface area (Å²) in [6.45, 7) is 0. The first-order chi connectivity index (χ1) is 6.68. The van der Waals surface area contributed by atoms with Crippen molar-refractivity contribution in [3.8, 4) is 0 Å². The van der Waals surface area contributed by atoms with E-state index < -0.39 is 11.7 Å². The number of fused-ring (bicyclic) bond motifs is 1. The normalized spacial score (nSPS) is 13.7. The smallest absolute Gasteiger partial charge is 0.289 e. The third-order valence-electron chi connectivity index (χ3n) is 2.58. The average molecular weight is 189 g/mol. The van der Waals surface area contributed by atoms with Crippen LogP contribution in [0.3, 0.4) is 0 Å². The van der Waals surface area contributed by atoms with Gasteiger partial charge in [-0.05, 0) is 36.5 Å². The Morgan fingerprint density at radius 3 is 2.57 bits per heavy atom. The molecule has 1 aliphatic rings. The lowest BCUT2D eigenvalue weighted by Gasteiger charge is -2.01. The van der Waals surface area contributed by atoms with Gasteiger partial charge in [0.1, 0.15) is 0 Å². The van der Waals surface area contributed by atoms with Gasteiger partial charge in [-0.15, -0.1) is 0 Å². The standard InChI is InChI=1S/C11H11NO2/c12-11(14)10(13)9-5-4-7-2-1-3-8(7)6-9/h4-6H,1-3H2,(H2,12,14). The highest BCUT2D eigenvalue weighted by molar-refractivity contribution is 6.42. The van der Waals surface area contributed by atoms with Gasteiger partial charge in [0.25, 0.3) is 5.91 Å². The molecule has 3 heteroatoms. The van der Waals surface area contributed by atoms with Gasteiger partial charge in [-0.25, -0.2) is 0 Å². The van der Waals surface area contributed by atoms with Crippen molar-refractivity contribution in [2.24, 2.45) is 5.73 Å². The van der Waals surface area contributed by atoms with E-state index in [-0.39, 0.29) is 0 Å². The summed E-state index contributed by atoms with van der Waals surface area (Å²) in [5.41, 5.74) is 7.80. The zero-order chi connectivity index (χ0) is 10.1. The zero-order valence-corrected chi connectivity index (χ0v) is 7.75. The Morgan fingerprint density at radius 1 is 1.14 bits per heavy atom. The van der Waals surface area contributed by atoms with Crippen molar-refractivity contribution in [3.63, 3.8) is 0 Å². The number of carbonyl (C=O) groups is 2. The topological polar surface area (TPSA) is 60.2 Å². The van der Waals surface area contributed by atoms with Crippen LogP contribution >= 0.6 is 0 Å². The summed E-state index contributed by atoms with van der Waals surface area (Å²) in [6, 6.07) is 5.38. The van der Waals surface area contributed by atoms with Gasteiger partial charge < -0.3 is 5.73 Å². The van der Waals surface area contributed by atoms with Crippen LogP contribution < -0.4 is 5.73 Å². The number of hydrogen-bond acceptors (Lipinski definition) is 2. The first-order valence-electron chi connectivity index (χ1n) is 4.64. The van der Waals surface area contributed by atoms with E-state index in [1.807, 2.05) is 6.07 Å². The summed E-state index contributed by atoms with van der Waals surface area (Å²) in [7, 11) is 0. The zero-order valence-electron chi connectivity index (χ0n) is 7.75. The molecule has 0 aromatic heterocycles. The lowest BCUT2D eigenvalue weighted by Crippen LogP contribution is -2.23. The van der Waals surface area contributed by atoms with E-state index in [9.17, 15) is 9.59 Å². The van der Waals surface area contributed by atoms with E-state index in [4.69, 9.17) is 5.73 Å². The second kappa shape index (κ2) is 3.25. The van der Waals surface area contributed by atoms with E-state index in [0.29, 0.717) is 5.56 Å². The highest BCUT2D eigenvalue weighted by Gasteiger charge is 2.16. The molecule has 14 heavy (non-hydrogen) atoms. The molecule has 0 saturated heterocycles. The molecule has 1 aromatic rings. The molecule has 0 fully saturated rings. The van der Waals surface area contributed by atoms with Crippen LogP contribution in [0.4, 0.5) is 0 Å². The fraction of sp³-hybridized carbons (Fsp3) is 0.273. The molecule has 0 heterocycles. The van der Waals surface area contributed by atoms with Crippen molar-refractivity contribution in [1.82, 2.24) is 0 Å². The molecule has 1 aliphatic carbocycles. The fourth-order valence-electron chi connectivity index (χ4n) is 1.86. The number of amides is 1. The molecule has 0 aliphatic heterocycles. The summed E-state index contributed by atoms with van der Waals surface area (Å²) < 4.78 is 0. The quantitative estimate of drug-likeness (QED) is 0.553. The average Bonchev–Trinajstić information content (AvgIpc) is 2.62. The minimum Gasteiger partial charge on any atom is -0.363 e. The van der Waals surface area contributed by atoms with Gasteiger partial charge in [0.05, 0.1) is 0 Å². The third kappa shape index (κ3) is 1.41. The molecular formula is C11H11NO2. The molecule has 1 amide bonds. The molecule has 0 saturated carbocycles. The van der Waals surface area contributed by atoms with Crippen molar-refractivity contribution >= 4 is 11.7 Å².